The van der Waals surface area contributed by atoms with Crippen LogP contribution in [0.25, 0.3) is 0 Å². The van der Waals surface area contributed by atoms with Gasteiger partial charge in [-0.3, -0.25) is 9.59 Å². The van der Waals surface area contributed by atoms with Crippen LogP contribution in [0, 0.1) is 0 Å². The molecule has 1 atom stereocenters. The van der Waals surface area contributed by atoms with Gasteiger partial charge in [0.1, 0.15) is 5.75 Å². The largest absolute Gasteiger partial charge is 0.497 e. The Hall–Kier alpha value is -2.86. The Morgan fingerprint density at radius 2 is 1.84 bits per heavy atom. The van der Waals surface area contributed by atoms with Crippen molar-refractivity contribution in [2.75, 3.05) is 20.3 Å². The monoisotopic (exact) mass is 424 g/mol. The van der Waals surface area contributed by atoms with Gasteiger partial charge in [0.2, 0.25) is 0 Å². The van der Waals surface area contributed by atoms with Gasteiger partial charge in [-0.2, -0.15) is 0 Å². The Morgan fingerprint density at radius 1 is 1.13 bits per heavy atom. The SMILES string of the molecule is COc1cccc(CN(CC2CCCO2)C(=O)c2ccc(C(=O)NC(C)(C)C)cc2)c1. The van der Waals surface area contributed by atoms with Crippen LogP contribution in [0.15, 0.2) is 48.5 Å². The number of carbonyl (C=O) groups is 2. The molecular weight excluding hydrogens is 392 g/mol. The van der Waals surface area contributed by atoms with Crippen molar-refractivity contribution in [2.24, 2.45) is 0 Å². The maximum absolute atomic E-state index is 13.3. The molecule has 0 aliphatic carbocycles. The van der Waals surface area contributed by atoms with E-state index in [4.69, 9.17) is 9.47 Å². The average molecular weight is 425 g/mol. The molecule has 1 aliphatic heterocycles. The molecule has 2 aromatic rings. The molecule has 1 aliphatic rings. The fraction of sp³-hybridized carbons (Fsp3) is 0.440. The predicted molar refractivity (Wildman–Crippen MR) is 120 cm³/mol. The first-order valence-electron chi connectivity index (χ1n) is 10.7. The van der Waals surface area contributed by atoms with Gasteiger partial charge in [-0.1, -0.05) is 12.1 Å². The number of nitrogens with zero attached hydrogens (tertiary/aromatic N) is 1. The summed E-state index contributed by atoms with van der Waals surface area (Å²) in [5.74, 6) is 0.524. The normalized spacial score (nSPS) is 16.1. The van der Waals surface area contributed by atoms with Gasteiger partial charge in [-0.25, -0.2) is 0 Å². The van der Waals surface area contributed by atoms with Crippen molar-refractivity contribution in [1.82, 2.24) is 10.2 Å². The fourth-order valence-electron chi connectivity index (χ4n) is 3.60. The van der Waals surface area contributed by atoms with Crippen LogP contribution < -0.4 is 10.1 Å². The zero-order valence-corrected chi connectivity index (χ0v) is 18.8. The quantitative estimate of drug-likeness (QED) is 0.728. The Balaban J connectivity index is 1.77. The number of hydrogen-bond donors (Lipinski definition) is 1. The van der Waals surface area contributed by atoms with Crippen LogP contribution >= 0.6 is 0 Å². The highest BCUT2D eigenvalue weighted by Gasteiger charge is 2.24. The molecule has 6 heteroatoms. The van der Waals surface area contributed by atoms with Gasteiger partial charge in [0.15, 0.2) is 0 Å². The Kier molecular flexibility index (Phi) is 7.33. The number of nitrogens with one attached hydrogen (secondary N) is 1. The molecule has 1 N–H and O–H groups in total. The van der Waals surface area contributed by atoms with Crippen LogP contribution in [-0.2, 0) is 11.3 Å². The van der Waals surface area contributed by atoms with E-state index in [0.29, 0.717) is 24.2 Å². The van der Waals surface area contributed by atoms with E-state index in [0.717, 1.165) is 30.8 Å². The minimum atomic E-state index is -0.319. The number of hydrogen-bond acceptors (Lipinski definition) is 4. The van der Waals surface area contributed by atoms with Gasteiger partial charge in [-0.05, 0) is 75.6 Å². The van der Waals surface area contributed by atoms with Crippen molar-refractivity contribution < 1.29 is 19.1 Å². The molecule has 6 nitrogen and oxygen atoms in total. The van der Waals surface area contributed by atoms with Crippen molar-refractivity contribution >= 4 is 11.8 Å². The number of benzene rings is 2. The van der Waals surface area contributed by atoms with E-state index in [1.807, 2.05) is 49.9 Å². The van der Waals surface area contributed by atoms with Crippen LogP contribution in [0.5, 0.6) is 5.75 Å². The summed E-state index contributed by atoms with van der Waals surface area (Å²) < 4.78 is 11.1. The highest BCUT2D eigenvalue weighted by atomic mass is 16.5. The lowest BCUT2D eigenvalue weighted by atomic mass is 10.1. The molecule has 31 heavy (non-hydrogen) atoms. The molecule has 2 aromatic carbocycles. The molecule has 1 unspecified atom stereocenters. The summed E-state index contributed by atoms with van der Waals surface area (Å²) >= 11 is 0. The van der Waals surface area contributed by atoms with Gasteiger partial charge in [0.05, 0.1) is 13.2 Å². The smallest absolute Gasteiger partial charge is 0.254 e. The van der Waals surface area contributed by atoms with E-state index in [2.05, 4.69) is 5.32 Å². The van der Waals surface area contributed by atoms with Crippen molar-refractivity contribution in [3.8, 4) is 5.75 Å². The second-order valence-corrected chi connectivity index (χ2v) is 8.95. The van der Waals surface area contributed by atoms with Crippen molar-refractivity contribution in [2.45, 2.75) is 51.8 Å². The van der Waals surface area contributed by atoms with E-state index in [-0.39, 0.29) is 23.5 Å². The molecule has 0 spiro atoms. The third-order valence-electron chi connectivity index (χ3n) is 5.13. The maximum Gasteiger partial charge on any atom is 0.254 e. The summed E-state index contributed by atoms with van der Waals surface area (Å²) in [6, 6.07) is 14.6. The third kappa shape index (κ3) is 6.56. The van der Waals surface area contributed by atoms with Crippen LogP contribution in [0.3, 0.4) is 0 Å². The van der Waals surface area contributed by atoms with Crippen LogP contribution in [-0.4, -0.2) is 48.6 Å². The molecule has 1 fully saturated rings. The summed E-state index contributed by atoms with van der Waals surface area (Å²) in [6.07, 6.45) is 2.02. The fourth-order valence-corrected chi connectivity index (χ4v) is 3.60. The standard InChI is InChI=1S/C25H32N2O4/c1-25(2,3)26-23(28)19-10-12-20(13-11-19)24(29)27(17-22-9-6-14-31-22)16-18-7-5-8-21(15-18)30-4/h5,7-8,10-13,15,22H,6,9,14,16-17H2,1-4H3,(H,26,28). The lowest BCUT2D eigenvalue weighted by Crippen LogP contribution is -2.40. The summed E-state index contributed by atoms with van der Waals surface area (Å²) in [5.41, 5.74) is 1.76. The van der Waals surface area contributed by atoms with Crippen LogP contribution in [0.1, 0.15) is 59.9 Å². The first-order chi connectivity index (χ1) is 14.7. The zero-order valence-electron chi connectivity index (χ0n) is 18.8. The van der Waals surface area contributed by atoms with E-state index in [1.54, 1.807) is 31.4 Å². The molecule has 3 rings (SSSR count). The molecule has 0 aromatic heterocycles. The molecule has 0 radical (unpaired) electrons. The number of rotatable bonds is 7. The molecule has 1 saturated heterocycles. The van der Waals surface area contributed by atoms with Gasteiger partial charge >= 0.3 is 0 Å². The number of methoxy groups -OCH3 is 1. The van der Waals surface area contributed by atoms with Gasteiger partial charge in [-0.15, -0.1) is 0 Å². The first-order valence-corrected chi connectivity index (χ1v) is 10.7. The molecule has 166 valence electrons. The maximum atomic E-state index is 13.3. The van der Waals surface area contributed by atoms with Gasteiger partial charge < -0.3 is 19.7 Å². The van der Waals surface area contributed by atoms with E-state index in [1.165, 1.54) is 0 Å². The number of carbonyl (C=O) groups excluding carboxylic acids is 2. The average Bonchev–Trinajstić information content (AvgIpc) is 3.25. The molecule has 1 heterocycles. The second kappa shape index (κ2) is 9.96. The summed E-state index contributed by atoms with van der Waals surface area (Å²) in [4.78, 5) is 27.5. The minimum absolute atomic E-state index is 0.0476. The summed E-state index contributed by atoms with van der Waals surface area (Å²) in [7, 11) is 1.63. The van der Waals surface area contributed by atoms with E-state index in [9.17, 15) is 9.59 Å². The Morgan fingerprint density at radius 3 is 2.45 bits per heavy atom. The Bertz CT molecular complexity index is 896. The highest BCUT2D eigenvalue weighted by molar-refractivity contribution is 5.98. The minimum Gasteiger partial charge on any atom is -0.497 e. The molecule has 2 amide bonds. The predicted octanol–water partition coefficient (Wildman–Crippen LogP) is 4.04. The van der Waals surface area contributed by atoms with Crippen LogP contribution in [0.2, 0.25) is 0 Å². The second-order valence-electron chi connectivity index (χ2n) is 8.95. The summed E-state index contributed by atoms with van der Waals surface area (Å²) in [5, 5.41) is 2.94. The van der Waals surface area contributed by atoms with Crippen molar-refractivity contribution in [3.63, 3.8) is 0 Å². The molecule has 0 saturated carbocycles. The highest BCUT2D eigenvalue weighted by Crippen LogP contribution is 2.20. The first kappa shape index (κ1) is 22.8. The summed E-state index contributed by atoms with van der Waals surface area (Å²) in [6.45, 7) is 7.53. The third-order valence-corrected chi connectivity index (χ3v) is 5.13. The topological polar surface area (TPSA) is 67.9 Å². The van der Waals surface area contributed by atoms with Gasteiger partial charge in [0.25, 0.3) is 11.8 Å². The van der Waals surface area contributed by atoms with Crippen molar-refractivity contribution in [1.29, 1.82) is 0 Å². The molecular formula is C25H32N2O4. The number of amides is 2. The molecule has 0 bridgehead atoms. The Labute approximate surface area is 184 Å². The zero-order chi connectivity index (χ0) is 22.4. The van der Waals surface area contributed by atoms with E-state index < -0.39 is 0 Å². The van der Waals surface area contributed by atoms with Crippen molar-refractivity contribution in [3.05, 3.63) is 65.2 Å². The van der Waals surface area contributed by atoms with Gasteiger partial charge in [0, 0.05) is 36.4 Å². The van der Waals surface area contributed by atoms with Crippen LogP contribution in [0.4, 0.5) is 0 Å². The lowest BCUT2D eigenvalue weighted by molar-refractivity contribution is 0.0507. The van der Waals surface area contributed by atoms with E-state index >= 15 is 0 Å². The lowest BCUT2D eigenvalue weighted by Gasteiger charge is -2.26. The number of ether oxygens (including phenoxy) is 2.